The summed E-state index contributed by atoms with van der Waals surface area (Å²) in [6.07, 6.45) is 15.5. The fourth-order valence-corrected chi connectivity index (χ4v) is 9.04. The molecule has 31 heavy (non-hydrogen) atoms. The number of aliphatic hydroxyl groups excluding tert-OH is 1. The molecule has 3 saturated carbocycles. The Kier molecular flexibility index (Phi) is 7.57. The molecule has 0 bridgehead atoms. The minimum absolute atomic E-state index is 0.341. The van der Waals surface area contributed by atoms with Gasteiger partial charge in [0.1, 0.15) is 0 Å². The van der Waals surface area contributed by atoms with Crippen LogP contribution >= 0.6 is 0 Å². The minimum atomic E-state index is 0.341. The summed E-state index contributed by atoms with van der Waals surface area (Å²) in [6.45, 7) is 20.1. The van der Waals surface area contributed by atoms with Crippen molar-refractivity contribution >= 4 is 0 Å². The highest BCUT2D eigenvalue weighted by molar-refractivity contribution is 5.25. The summed E-state index contributed by atoms with van der Waals surface area (Å²) in [5.74, 6) is 3.22. The van der Waals surface area contributed by atoms with Crippen LogP contribution in [0.1, 0.15) is 120 Å². The van der Waals surface area contributed by atoms with E-state index in [0.717, 1.165) is 24.2 Å². The van der Waals surface area contributed by atoms with Gasteiger partial charge < -0.3 is 5.11 Å². The van der Waals surface area contributed by atoms with Crippen molar-refractivity contribution in [3.63, 3.8) is 0 Å². The first kappa shape index (κ1) is 25.1. The third kappa shape index (κ3) is 4.22. The van der Waals surface area contributed by atoms with Crippen molar-refractivity contribution in [2.24, 2.45) is 39.9 Å². The number of rotatable bonds is 7. The van der Waals surface area contributed by atoms with Crippen LogP contribution in [0, 0.1) is 39.9 Å². The highest BCUT2D eigenvalue weighted by Crippen LogP contribution is 2.74. The van der Waals surface area contributed by atoms with Crippen molar-refractivity contribution in [1.82, 2.24) is 0 Å². The van der Waals surface area contributed by atoms with Gasteiger partial charge in [-0.2, -0.15) is 0 Å². The predicted molar refractivity (Wildman–Crippen MR) is 135 cm³/mol. The van der Waals surface area contributed by atoms with Gasteiger partial charge in [-0.3, -0.25) is 0 Å². The molecule has 0 amide bonds. The summed E-state index contributed by atoms with van der Waals surface area (Å²) in [5.41, 5.74) is 6.14. The monoisotopic (exact) mass is 428 g/mol. The second-order valence-corrected chi connectivity index (χ2v) is 12.9. The maximum absolute atomic E-state index is 9.62. The lowest BCUT2D eigenvalue weighted by atomic mass is 9.40. The Morgan fingerprint density at radius 2 is 1.74 bits per heavy atom. The first-order valence-corrected chi connectivity index (χ1v) is 13.4. The zero-order chi connectivity index (χ0) is 23.0. The normalized spacial score (nSPS) is 40.8. The standard InChI is InChI=1S/C30H52O/c1-21(2)11-9-12-23(5)25-16-17-30(8)27-15-14-24(22(3)4)26(13-10-20-31)28(27,6)18-19-29(25,30)7/h11,23,25-27,31H,9-10,12-20H2,1-8H3/t23-,25+,26-,27+,28-,29+,30-/m1/s1. The lowest BCUT2D eigenvalue weighted by Crippen LogP contribution is -2.57. The molecule has 0 aromatic carbocycles. The molecule has 178 valence electrons. The second-order valence-electron chi connectivity index (χ2n) is 12.9. The summed E-state index contributed by atoms with van der Waals surface area (Å²) in [6, 6.07) is 0. The molecule has 0 aliphatic heterocycles. The molecular weight excluding hydrogens is 376 g/mol. The third-order valence-corrected chi connectivity index (χ3v) is 10.9. The number of allylic oxidation sites excluding steroid dienone is 4. The average molecular weight is 429 g/mol. The van der Waals surface area contributed by atoms with Crippen LogP contribution < -0.4 is 0 Å². The minimum Gasteiger partial charge on any atom is -0.396 e. The maximum atomic E-state index is 9.62. The van der Waals surface area contributed by atoms with Crippen LogP contribution in [-0.2, 0) is 0 Å². The van der Waals surface area contributed by atoms with Crippen molar-refractivity contribution in [3.05, 3.63) is 22.8 Å². The molecule has 3 fully saturated rings. The number of hydrogen-bond donors (Lipinski definition) is 1. The molecule has 0 aromatic heterocycles. The number of hydrogen-bond acceptors (Lipinski definition) is 1. The molecule has 3 rings (SSSR count). The van der Waals surface area contributed by atoms with E-state index >= 15 is 0 Å². The molecule has 0 aromatic rings. The van der Waals surface area contributed by atoms with Gasteiger partial charge in [-0.25, -0.2) is 0 Å². The molecule has 1 nitrogen and oxygen atoms in total. The molecular formula is C30H52O. The van der Waals surface area contributed by atoms with E-state index in [9.17, 15) is 5.11 Å². The van der Waals surface area contributed by atoms with Crippen molar-refractivity contribution < 1.29 is 5.11 Å². The van der Waals surface area contributed by atoms with E-state index < -0.39 is 0 Å². The first-order chi connectivity index (χ1) is 14.5. The number of aliphatic hydroxyl groups is 1. The van der Waals surface area contributed by atoms with E-state index in [2.05, 4.69) is 61.5 Å². The Bertz CT molecular complexity index is 693. The SMILES string of the molecule is CC(C)=CCC[C@@H](C)[C@@H]1CC[C@]2(C)[C@H]3CCC(=C(C)C)[C@@H](CCCO)[C@@]3(C)CC[C@@]12C. The fraction of sp³-hybridized carbons (Fsp3) is 0.867. The van der Waals surface area contributed by atoms with Crippen molar-refractivity contribution in [2.45, 2.75) is 120 Å². The van der Waals surface area contributed by atoms with Gasteiger partial charge in [-0.05, 0) is 132 Å². The Labute approximate surface area is 194 Å². The van der Waals surface area contributed by atoms with E-state index in [-0.39, 0.29) is 0 Å². The Morgan fingerprint density at radius 1 is 1.03 bits per heavy atom. The Morgan fingerprint density at radius 3 is 2.35 bits per heavy atom. The topological polar surface area (TPSA) is 20.2 Å². The second kappa shape index (κ2) is 9.36. The predicted octanol–water partition coefficient (Wildman–Crippen LogP) is 8.73. The summed E-state index contributed by atoms with van der Waals surface area (Å²) in [5, 5.41) is 9.62. The molecule has 3 aliphatic rings. The zero-order valence-corrected chi connectivity index (χ0v) is 22.1. The van der Waals surface area contributed by atoms with Crippen molar-refractivity contribution in [2.75, 3.05) is 6.61 Å². The molecule has 1 heteroatoms. The molecule has 0 spiro atoms. The quantitative estimate of drug-likeness (QED) is 0.402. The van der Waals surface area contributed by atoms with Crippen LogP contribution in [0.3, 0.4) is 0 Å². The highest BCUT2D eigenvalue weighted by Gasteiger charge is 2.66. The van der Waals surface area contributed by atoms with Gasteiger partial charge in [-0.15, -0.1) is 0 Å². The average Bonchev–Trinajstić information content (AvgIpc) is 2.97. The molecule has 0 saturated heterocycles. The van der Waals surface area contributed by atoms with Crippen LogP contribution in [0.25, 0.3) is 0 Å². The van der Waals surface area contributed by atoms with Crippen LogP contribution in [0.4, 0.5) is 0 Å². The van der Waals surface area contributed by atoms with Gasteiger partial charge in [0.15, 0.2) is 0 Å². The van der Waals surface area contributed by atoms with Gasteiger partial charge in [-0.1, -0.05) is 50.5 Å². The van der Waals surface area contributed by atoms with Crippen LogP contribution in [0.5, 0.6) is 0 Å². The molecule has 3 aliphatic carbocycles. The van der Waals surface area contributed by atoms with E-state index in [1.807, 2.05) is 0 Å². The van der Waals surface area contributed by atoms with Crippen molar-refractivity contribution in [3.8, 4) is 0 Å². The van der Waals surface area contributed by atoms with Crippen LogP contribution in [0.15, 0.2) is 22.8 Å². The summed E-state index contributed by atoms with van der Waals surface area (Å²) < 4.78 is 0. The van der Waals surface area contributed by atoms with Gasteiger partial charge in [0, 0.05) is 6.61 Å². The summed E-state index contributed by atoms with van der Waals surface area (Å²) in [4.78, 5) is 0. The Hall–Kier alpha value is -0.560. The van der Waals surface area contributed by atoms with Crippen molar-refractivity contribution in [1.29, 1.82) is 0 Å². The highest BCUT2D eigenvalue weighted by atomic mass is 16.2. The molecule has 7 atom stereocenters. The maximum Gasteiger partial charge on any atom is 0.0431 e. The largest absolute Gasteiger partial charge is 0.396 e. The smallest absolute Gasteiger partial charge is 0.0431 e. The van der Waals surface area contributed by atoms with Gasteiger partial charge in [0.05, 0.1) is 0 Å². The van der Waals surface area contributed by atoms with Gasteiger partial charge >= 0.3 is 0 Å². The molecule has 0 radical (unpaired) electrons. The van der Waals surface area contributed by atoms with E-state index in [0.29, 0.717) is 28.8 Å². The summed E-state index contributed by atoms with van der Waals surface area (Å²) in [7, 11) is 0. The van der Waals surface area contributed by atoms with E-state index in [4.69, 9.17) is 0 Å². The third-order valence-electron chi connectivity index (χ3n) is 10.9. The Balaban J connectivity index is 1.88. The number of fused-ring (bicyclic) bond motifs is 3. The van der Waals surface area contributed by atoms with E-state index in [1.165, 1.54) is 63.4 Å². The summed E-state index contributed by atoms with van der Waals surface area (Å²) >= 11 is 0. The zero-order valence-electron chi connectivity index (χ0n) is 22.1. The van der Waals surface area contributed by atoms with Crippen LogP contribution in [0.2, 0.25) is 0 Å². The molecule has 0 heterocycles. The van der Waals surface area contributed by atoms with Gasteiger partial charge in [0.25, 0.3) is 0 Å². The molecule has 1 N–H and O–H groups in total. The van der Waals surface area contributed by atoms with E-state index in [1.54, 1.807) is 11.1 Å². The van der Waals surface area contributed by atoms with Crippen LogP contribution in [-0.4, -0.2) is 11.7 Å². The molecule has 0 unspecified atom stereocenters. The lowest BCUT2D eigenvalue weighted by molar-refractivity contribution is -0.144. The first-order valence-electron chi connectivity index (χ1n) is 13.4. The lowest BCUT2D eigenvalue weighted by Gasteiger charge is -2.65. The van der Waals surface area contributed by atoms with Gasteiger partial charge in [0.2, 0.25) is 0 Å². The fourth-order valence-electron chi connectivity index (χ4n) is 9.04.